The number of aliphatic hydroxyl groups is 1. The van der Waals surface area contributed by atoms with E-state index in [1.165, 1.54) is 11.8 Å². The zero-order valence-corrected chi connectivity index (χ0v) is 12.6. The van der Waals surface area contributed by atoms with E-state index in [2.05, 4.69) is 15.5 Å². The molecule has 1 amide bonds. The van der Waals surface area contributed by atoms with Crippen LogP contribution in [0.15, 0.2) is 5.16 Å². The highest BCUT2D eigenvalue weighted by atomic mass is 32.2. The van der Waals surface area contributed by atoms with E-state index in [9.17, 15) is 9.90 Å². The first kappa shape index (κ1) is 13.5. The number of hydrogen-bond donors (Lipinski definition) is 1. The molecule has 0 aromatic carbocycles. The van der Waals surface area contributed by atoms with Crippen molar-refractivity contribution < 1.29 is 9.90 Å². The summed E-state index contributed by atoms with van der Waals surface area (Å²) in [5, 5.41) is 22.3. The van der Waals surface area contributed by atoms with Crippen molar-refractivity contribution in [1.29, 1.82) is 0 Å². The number of aromatic nitrogens is 4. The van der Waals surface area contributed by atoms with Crippen LogP contribution in [0.1, 0.15) is 44.6 Å². The van der Waals surface area contributed by atoms with Gasteiger partial charge in [-0.2, -0.15) is 0 Å². The van der Waals surface area contributed by atoms with E-state index in [1.807, 2.05) is 9.58 Å². The van der Waals surface area contributed by atoms with Crippen LogP contribution < -0.4 is 0 Å². The van der Waals surface area contributed by atoms with E-state index in [-0.39, 0.29) is 24.1 Å². The van der Waals surface area contributed by atoms with Crippen molar-refractivity contribution >= 4 is 17.7 Å². The van der Waals surface area contributed by atoms with Crippen LogP contribution in [0.3, 0.4) is 0 Å². The molecule has 0 radical (unpaired) electrons. The average Bonchev–Trinajstić information content (AvgIpc) is 3.13. The predicted molar refractivity (Wildman–Crippen MR) is 75.7 cm³/mol. The van der Waals surface area contributed by atoms with Crippen LogP contribution in [0.2, 0.25) is 0 Å². The van der Waals surface area contributed by atoms with Crippen LogP contribution >= 0.6 is 11.8 Å². The fraction of sp³-hybridized carbons (Fsp3) is 0.846. The Morgan fingerprint density at radius 2 is 1.86 bits per heavy atom. The number of tetrazole rings is 1. The molecule has 3 heterocycles. The third-order valence-electron chi connectivity index (χ3n) is 4.68. The molecule has 7 nitrogen and oxygen atoms in total. The predicted octanol–water partition coefficient (Wildman–Crippen LogP) is 0.614. The number of piperidine rings is 1. The van der Waals surface area contributed by atoms with Crippen LogP contribution in [-0.2, 0) is 4.79 Å². The first-order valence-corrected chi connectivity index (χ1v) is 8.61. The maximum atomic E-state index is 12.5. The number of aliphatic hydroxyl groups excluding tert-OH is 1. The molecule has 1 aromatic rings. The first-order valence-electron chi connectivity index (χ1n) is 7.62. The molecule has 1 aromatic heterocycles. The molecule has 21 heavy (non-hydrogen) atoms. The molecule has 2 atom stereocenters. The SMILES string of the molecule is O=C(CSc1nnnn1C1CC1)N1C2CCC1CC(O)C2. The topological polar surface area (TPSA) is 84.1 Å². The van der Waals surface area contributed by atoms with E-state index in [1.54, 1.807) is 0 Å². The average molecular weight is 309 g/mol. The summed E-state index contributed by atoms with van der Waals surface area (Å²) >= 11 is 1.43. The van der Waals surface area contributed by atoms with E-state index < -0.39 is 0 Å². The summed E-state index contributed by atoms with van der Waals surface area (Å²) in [7, 11) is 0. The molecular formula is C13H19N5O2S. The number of fused-ring (bicyclic) bond motifs is 2. The Kier molecular flexibility index (Phi) is 3.37. The fourth-order valence-corrected chi connectivity index (χ4v) is 4.40. The largest absolute Gasteiger partial charge is 0.393 e. The lowest BCUT2D eigenvalue weighted by Crippen LogP contribution is -2.48. The van der Waals surface area contributed by atoms with Crippen molar-refractivity contribution in [3.8, 4) is 0 Å². The molecule has 1 N–H and O–H groups in total. The molecular weight excluding hydrogens is 290 g/mol. The Labute approximate surface area is 127 Å². The molecule has 3 fully saturated rings. The molecule has 114 valence electrons. The molecule has 0 spiro atoms. The van der Waals surface area contributed by atoms with Crippen molar-refractivity contribution in [3.63, 3.8) is 0 Å². The molecule has 1 aliphatic carbocycles. The van der Waals surface area contributed by atoms with Crippen LogP contribution in [0.25, 0.3) is 0 Å². The maximum absolute atomic E-state index is 12.5. The highest BCUT2D eigenvalue weighted by Crippen LogP contribution is 2.38. The smallest absolute Gasteiger partial charge is 0.233 e. The van der Waals surface area contributed by atoms with E-state index in [4.69, 9.17) is 0 Å². The van der Waals surface area contributed by atoms with Gasteiger partial charge in [-0.3, -0.25) is 4.79 Å². The molecule has 2 saturated heterocycles. The fourth-order valence-electron chi connectivity index (χ4n) is 3.59. The molecule has 3 aliphatic rings. The van der Waals surface area contributed by atoms with Crippen LogP contribution in [0.5, 0.6) is 0 Å². The van der Waals surface area contributed by atoms with Gasteiger partial charge in [0.25, 0.3) is 0 Å². The van der Waals surface area contributed by atoms with Crippen molar-refractivity contribution in [2.45, 2.75) is 67.9 Å². The summed E-state index contributed by atoms with van der Waals surface area (Å²) < 4.78 is 1.84. The Balaban J connectivity index is 1.39. The minimum absolute atomic E-state index is 0.157. The maximum Gasteiger partial charge on any atom is 0.233 e. The second-order valence-electron chi connectivity index (χ2n) is 6.24. The summed E-state index contributed by atoms with van der Waals surface area (Å²) in [6.45, 7) is 0. The number of carbonyl (C=O) groups is 1. The van der Waals surface area contributed by atoms with Gasteiger partial charge in [-0.25, -0.2) is 4.68 Å². The van der Waals surface area contributed by atoms with Gasteiger partial charge >= 0.3 is 0 Å². The second-order valence-corrected chi connectivity index (χ2v) is 7.18. The standard InChI is InChI=1S/C13H19N5O2S/c19-11-5-9-3-4-10(6-11)17(9)12(20)7-21-13-14-15-16-18(13)8-1-2-8/h8-11,19H,1-7H2. The normalized spacial score (nSPS) is 31.7. The Morgan fingerprint density at radius 3 is 2.52 bits per heavy atom. The van der Waals surface area contributed by atoms with E-state index in [0.717, 1.165) is 43.7 Å². The van der Waals surface area contributed by atoms with Gasteiger partial charge in [0, 0.05) is 12.1 Å². The number of carbonyl (C=O) groups excluding carboxylic acids is 1. The third-order valence-corrected chi connectivity index (χ3v) is 5.59. The van der Waals surface area contributed by atoms with Crippen molar-refractivity contribution in [1.82, 2.24) is 25.1 Å². The molecule has 2 bridgehead atoms. The van der Waals surface area contributed by atoms with Gasteiger partial charge in [0.1, 0.15) is 0 Å². The molecule has 2 unspecified atom stereocenters. The minimum Gasteiger partial charge on any atom is -0.393 e. The number of nitrogens with zero attached hydrogens (tertiary/aromatic N) is 5. The summed E-state index contributed by atoms with van der Waals surface area (Å²) in [4.78, 5) is 14.5. The zero-order chi connectivity index (χ0) is 14.4. The number of thioether (sulfide) groups is 1. The summed E-state index contributed by atoms with van der Waals surface area (Å²) in [6.07, 6.45) is 5.53. The highest BCUT2D eigenvalue weighted by Gasteiger charge is 2.42. The Hall–Kier alpha value is -1.15. The Bertz CT molecular complexity index is 532. The first-order chi connectivity index (χ1) is 10.2. The molecule has 4 rings (SSSR count). The van der Waals surface area contributed by atoms with E-state index >= 15 is 0 Å². The van der Waals surface area contributed by atoms with Crippen LogP contribution in [0, 0.1) is 0 Å². The van der Waals surface area contributed by atoms with Crippen molar-refractivity contribution in [2.75, 3.05) is 5.75 Å². The number of rotatable bonds is 4. The third kappa shape index (κ3) is 2.55. The lowest BCUT2D eigenvalue weighted by molar-refractivity contribution is -0.134. The number of amides is 1. The van der Waals surface area contributed by atoms with Crippen LogP contribution in [0.4, 0.5) is 0 Å². The van der Waals surface area contributed by atoms with Gasteiger partial charge in [-0.1, -0.05) is 11.8 Å². The number of hydrogen-bond acceptors (Lipinski definition) is 6. The minimum atomic E-state index is -0.235. The monoisotopic (exact) mass is 309 g/mol. The van der Waals surface area contributed by atoms with Gasteiger partial charge in [0.05, 0.1) is 17.9 Å². The summed E-state index contributed by atoms with van der Waals surface area (Å²) in [6, 6.07) is 0.886. The quantitative estimate of drug-likeness (QED) is 0.821. The van der Waals surface area contributed by atoms with Crippen molar-refractivity contribution in [2.24, 2.45) is 0 Å². The van der Waals surface area contributed by atoms with Gasteiger partial charge in [0.2, 0.25) is 11.1 Å². The van der Waals surface area contributed by atoms with Crippen molar-refractivity contribution in [3.05, 3.63) is 0 Å². The van der Waals surface area contributed by atoms with E-state index in [0.29, 0.717) is 11.8 Å². The molecule has 8 heteroatoms. The Morgan fingerprint density at radius 1 is 1.19 bits per heavy atom. The highest BCUT2D eigenvalue weighted by molar-refractivity contribution is 7.99. The summed E-state index contributed by atoms with van der Waals surface area (Å²) in [5.74, 6) is 0.542. The van der Waals surface area contributed by atoms with Gasteiger partial charge < -0.3 is 10.0 Å². The second kappa shape index (κ2) is 5.24. The lowest BCUT2D eigenvalue weighted by atomic mass is 10.00. The molecule has 1 saturated carbocycles. The van der Waals surface area contributed by atoms with Gasteiger partial charge in [0.15, 0.2) is 0 Å². The zero-order valence-electron chi connectivity index (χ0n) is 11.8. The lowest BCUT2D eigenvalue weighted by Gasteiger charge is -2.37. The van der Waals surface area contributed by atoms with Gasteiger partial charge in [-0.15, -0.1) is 5.10 Å². The van der Waals surface area contributed by atoms with Crippen LogP contribution in [-0.4, -0.2) is 60.1 Å². The van der Waals surface area contributed by atoms with Gasteiger partial charge in [-0.05, 0) is 49.0 Å². The molecule has 2 aliphatic heterocycles. The summed E-state index contributed by atoms with van der Waals surface area (Å²) in [5.41, 5.74) is 0.